The zero-order valence-corrected chi connectivity index (χ0v) is 24.3. The van der Waals surface area contributed by atoms with E-state index in [0.29, 0.717) is 30.8 Å². The number of halogens is 3. The van der Waals surface area contributed by atoms with Crippen molar-refractivity contribution in [3.63, 3.8) is 0 Å². The van der Waals surface area contributed by atoms with Crippen molar-refractivity contribution < 1.29 is 32.0 Å². The molecular weight excluding hydrogens is 547 g/mol. The van der Waals surface area contributed by atoms with Crippen LogP contribution < -0.4 is 0 Å². The van der Waals surface area contributed by atoms with Gasteiger partial charge in [0.15, 0.2) is 0 Å². The minimum Gasteiger partial charge on any atom is -0.459 e. The summed E-state index contributed by atoms with van der Waals surface area (Å²) in [5, 5.41) is 4.00. The predicted molar refractivity (Wildman–Crippen MR) is 153 cm³/mol. The Morgan fingerprint density at radius 2 is 1.64 bits per heavy atom. The SMILES string of the molecule is COCCN(CC(=O)OC(C)(C)C)Cc1ccc(-c2noc(-c3ccc(-c4ccccc4C)c(C(F)(F)F)c3)n2)cc1. The van der Waals surface area contributed by atoms with E-state index in [1.807, 2.05) is 37.8 Å². The fourth-order valence-corrected chi connectivity index (χ4v) is 4.49. The van der Waals surface area contributed by atoms with Crippen LogP contribution in [0.25, 0.3) is 34.0 Å². The van der Waals surface area contributed by atoms with Crippen LogP contribution in [0.2, 0.25) is 0 Å². The molecule has 0 saturated heterocycles. The van der Waals surface area contributed by atoms with Gasteiger partial charge in [-0.15, -0.1) is 0 Å². The molecule has 0 amide bonds. The van der Waals surface area contributed by atoms with Gasteiger partial charge in [0.2, 0.25) is 5.82 Å². The molecule has 0 aliphatic rings. The molecule has 4 aromatic rings. The normalized spacial score (nSPS) is 12.1. The topological polar surface area (TPSA) is 77.7 Å². The van der Waals surface area contributed by atoms with E-state index in [0.717, 1.165) is 17.2 Å². The van der Waals surface area contributed by atoms with Crippen LogP contribution in [0.5, 0.6) is 0 Å². The molecule has 0 bridgehead atoms. The van der Waals surface area contributed by atoms with Crippen LogP contribution in [0.15, 0.2) is 71.3 Å². The highest BCUT2D eigenvalue weighted by Crippen LogP contribution is 2.40. The number of carbonyl (C=O) groups is 1. The van der Waals surface area contributed by atoms with Gasteiger partial charge in [-0.05, 0) is 62.1 Å². The second-order valence-corrected chi connectivity index (χ2v) is 11.0. The number of aromatic nitrogens is 2. The highest BCUT2D eigenvalue weighted by Gasteiger charge is 2.35. The third-order valence-corrected chi connectivity index (χ3v) is 6.44. The molecule has 0 aliphatic heterocycles. The Morgan fingerprint density at radius 1 is 0.952 bits per heavy atom. The van der Waals surface area contributed by atoms with Gasteiger partial charge in [-0.1, -0.05) is 59.8 Å². The number of aryl methyl sites for hydroxylation is 1. The summed E-state index contributed by atoms with van der Waals surface area (Å²) in [6, 6.07) is 18.3. The lowest BCUT2D eigenvalue weighted by Gasteiger charge is -2.25. The first-order valence-corrected chi connectivity index (χ1v) is 13.5. The first kappa shape index (κ1) is 30.9. The summed E-state index contributed by atoms with van der Waals surface area (Å²) in [5.41, 5.74) is 1.73. The summed E-state index contributed by atoms with van der Waals surface area (Å²) < 4.78 is 58.2. The van der Waals surface area contributed by atoms with Gasteiger partial charge < -0.3 is 14.0 Å². The van der Waals surface area contributed by atoms with Crippen molar-refractivity contribution in [2.45, 2.75) is 46.0 Å². The van der Waals surface area contributed by atoms with E-state index >= 15 is 0 Å². The van der Waals surface area contributed by atoms with Gasteiger partial charge in [-0.2, -0.15) is 18.2 Å². The number of benzene rings is 3. The largest absolute Gasteiger partial charge is 0.459 e. The Morgan fingerprint density at radius 3 is 2.29 bits per heavy atom. The lowest BCUT2D eigenvalue weighted by molar-refractivity contribution is -0.156. The maximum absolute atomic E-state index is 14.1. The zero-order valence-electron chi connectivity index (χ0n) is 24.3. The summed E-state index contributed by atoms with van der Waals surface area (Å²) in [6.07, 6.45) is -4.58. The van der Waals surface area contributed by atoms with Crippen molar-refractivity contribution >= 4 is 5.97 Å². The van der Waals surface area contributed by atoms with Gasteiger partial charge in [0.1, 0.15) is 5.60 Å². The molecular formula is C32H34F3N3O4. The maximum atomic E-state index is 14.1. The maximum Gasteiger partial charge on any atom is 0.417 e. The number of hydrogen-bond acceptors (Lipinski definition) is 7. The minimum absolute atomic E-state index is 0.0148. The molecule has 0 saturated carbocycles. The molecule has 0 N–H and O–H groups in total. The van der Waals surface area contributed by atoms with E-state index in [1.165, 1.54) is 6.07 Å². The number of methoxy groups -OCH3 is 1. The van der Waals surface area contributed by atoms with Crippen molar-refractivity contribution in [3.8, 4) is 34.0 Å². The molecule has 4 rings (SSSR count). The number of nitrogens with zero attached hydrogens (tertiary/aromatic N) is 3. The molecule has 0 atom stereocenters. The Hall–Kier alpha value is -4.02. The van der Waals surface area contributed by atoms with Gasteiger partial charge >= 0.3 is 12.1 Å². The van der Waals surface area contributed by atoms with Crippen LogP contribution in [0.4, 0.5) is 13.2 Å². The molecule has 222 valence electrons. The highest BCUT2D eigenvalue weighted by atomic mass is 19.4. The van der Waals surface area contributed by atoms with Crippen molar-refractivity contribution in [2.24, 2.45) is 0 Å². The van der Waals surface area contributed by atoms with Crippen molar-refractivity contribution in [2.75, 3.05) is 26.8 Å². The smallest absolute Gasteiger partial charge is 0.417 e. The molecule has 7 nitrogen and oxygen atoms in total. The molecule has 0 spiro atoms. The molecule has 0 aliphatic carbocycles. The van der Waals surface area contributed by atoms with Gasteiger partial charge in [0.05, 0.1) is 18.7 Å². The molecule has 42 heavy (non-hydrogen) atoms. The molecule has 10 heteroatoms. The second kappa shape index (κ2) is 12.9. The quantitative estimate of drug-likeness (QED) is 0.184. The molecule has 0 radical (unpaired) electrons. The van der Waals surface area contributed by atoms with E-state index in [4.69, 9.17) is 14.0 Å². The number of hydrogen-bond donors (Lipinski definition) is 0. The predicted octanol–water partition coefficient (Wildman–Crippen LogP) is 7.19. The van der Waals surface area contributed by atoms with E-state index in [2.05, 4.69) is 10.1 Å². The van der Waals surface area contributed by atoms with Crippen LogP contribution in [0, 0.1) is 6.92 Å². The summed E-state index contributed by atoms with van der Waals surface area (Å²) in [5.74, 6) is -0.0905. The number of carbonyl (C=O) groups excluding carboxylic acids is 1. The third kappa shape index (κ3) is 8.04. The Bertz CT molecular complexity index is 1510. The monoisotopic (exact) mass is 581 g/mol. The zero-order chi connectivity index (χ0) is 30.5. The summed E-state index contributed by atoms with van der Waals surface area (Å²) in [4.78, 5) is 18.7. The van der Waals surface area contributed by atoms with Crippen molar-refractivity contribution in [1.82, 2.24) is 15.0 Å². The molecule has 1 heterocycles. The van der Waals surface area contributed by atoms with Gasteiger partial charge in [0.25, 0.3) is 5.89 Å². The van der Waals surface area contributed by atoms with Gasteiger partial charge in [0, 0.05) is 31.3 Å². The summed E-state index contributed by atoms with van der Waals surface area (Å²) >= 11 is 0. The molecule has 3 aromatic carbocycles. The van der Waals surface area contributed by atoms with Crippen LogP contribution in [-0.4, -0.2) is 53.4 Å². The Kier molecular flexibility index (Phi) is 9.48. The third-order valence-electron chi connectivity index (χ3n) is 6.44. The first-order chi connectivity index (χ1) is 19.8. The lowest BCUT2D eigenvalue weighted by Crippen LogP contribution is -2.36. The van der Waals surface area contributed by atoms with Crippen molar-refractivity contribution in [1.29, 1.82) is 0 Å². The number of rotatable bonds is 10. The van der Waals surface area contributed by atoms with Crippen LogP contribution in [0.3, 0.4) is 0 Å². The van der Waals surface area contributed by atoms with E-state index in [1.54, 1.807) is 56.5 Å². The Balaban J connectivity index is 1.52. The standard InChI is InChI=1S/C32H34F3N3O4/c1-21-8-6-7-9-25(21)26-15-14-24(18-27(26)32(33,34)35)30-36-29(37-42-30)23-12-10-22(11-13-23)19-38(16-17-40-5)20-28(39)41-31(2,3)4/h6-15,18H,16-17,19-20H2,1-5H3. The fourth-order valence-electron chi connectivity index (χ4n) is 4.49. The summed E-state index contributed by atoms with van der Waals surface area (Å²) in [7, 11) is 1.60. The fraction of sp³-hybridized carbons (Fsp3) is 0.344. The number of esters is 1. The van der Waals surface area contributed by atoms with E-state index in [9.17, 15) is 18.0 Å². The number of alkyl halides is 3. The molecule has 0 fully saturated rings. The van der Waals surface area contributed by atoms with E-state index in [-0.39, 0.29) is 35.4 Å². The second-order valence-electron chi connectivity index (χ2n) is 11.0. The minimum atomic E-state index is -4.58. The Labute approximate surface area is 243 Å². The molecule has 1 aromatic heterocycles. The van der Waals surface area contributed by atoms with Gasteiger partial charge in [-0.3, -0.25) is 9.69 Å². The van der Waals surface area contributed by atoms with Crippen LogP contribution in [0.1, 0.15) is 37.5 Å². The summed E-state index contributed by atoms with van der Waals surface area (Å²) in [6.45, 7) is 8.82. The van der Waals surface area contributed by atoms with Gasteiger partial charge in [-0.25, -0.2) is 0 Å². The lowest BCUT2D eigenvalue weighted by atomic mass is 9.94. The average Bonchev–Trinajstić information content (AvgIpc) is 3.41. The van der Waals surface area contributed by atoms with Crippen molar-refractivity contribution in [3.05, 3.63) is 83.4 Å². The first-order valence-electron chi connectivity index (χ1n) is 13.5. The van der Waals surface area contributed by atoms with E-state index < -0.39 is 17.3 Å². The van der Waals surface area contributed by atoms with Crippen LogP contribution >= 0.6 is 0 Å². The van der Waals surface area contributed by atoms with Crippen LogP contribution in [-0.2, 0) is 27.0 Å². The molecule has 0 unspecified atom stereocenters. The number of ether oxygens (including phenoxy) is 2. The average molecular weight is 582 g/mol. The highest BCUT2D eigenvalue weighted by molar-refractivity contribution is 5.75.